The highest BCUT2D eigenvalue weighted by atomic mass is 16.4. The Bertz CT molecular complexity index is 414. The quantitative estimate of drug-likeness (QED) is 0.782. The van der Waals surface area contributed by atoms with Gasteiger partial charge in [-0.25, -0.2) is 4.79 Å². The molecule has 3 aliphatic rings. The predicted molar refractivity (Wildman–Crippen MR) is 73.4 cm³/mol. The molecule has 4 atom stereocenters. The van der Waals surface area contributed by atoms with Gasteiger partial charge in [-0.15, -0.1) is 0 Å². The van der Waals surface area contributed by atoms with Crippen molar-refractivity contribution in [2.75, 3.05) is 19.6 Å². The molecule has 0 bridgehead atoms. The van der Waals surface area contributed by atoms with E-state index in [1.807, 2.05) is 6.92 Å². The van der Waals surface area contributed by atoms with Crippen molar-refractivity contribution < 1.29 is 14.7 Å². The van der Waals surface area contributed by atoms with E-state index in [4.69, 9.17) is 5.11 Å². The summed E-state index contributed by atoms with van der Waals surface area (Å²) in [6, 6.07) is 0.432. The van der Waals surface area contributed by atoms with Crippen LogP contribution < -0.4 is 5.32 Å². The molecule has 3 saturated heterocycles. The van der Waals surface area contributed by atoms with Gasteiger partial charge in [-0.1, -0.05) is 0 Å². The Morgan fingerprint density at radius 3 is 2.65 bits per heavy atom. The number of nitrogens with zero attached hydrogens (tertiary/aromatic N) is 2. The summed E-state index contributed by atoms with van der Waals surface area (Å²) in [5, 5.41) is 12.3. The monoisotopic (exact) mass is 281 g/mol. The summed E-state index contributed by atoms with van der Waals surface area (Å²) >= 11 is 0. The van der Waals surface area contributed by atoms with Gasteiger partial charge in [0.1, 0.15) is 0 Å². The predicted octanol–water partition coefficient (Wildman–Crippen LogP) is 0.728. The van der Waals surface area contributed by atoms with Crippen molar-refractivity contribution in [2.45, 2.75) is 50.7 Å². The van der Waals surface area contributed by atoms with Crippen LogP contribution in [-0.2, 0) is 4.79 Å². The van der Waals surface area contributed by atoms with Crippen LogP contribution in [0.3, 0.4) is 0 Å². The van der Waals surface area contributed by atoms with Crippen LogP contribution in [-0.4, -0.2) is 64.7 Å². The van der Waals surface area contributed by atoms with E-state index < -0.39 is 11.9 Å². The van der Waals surface area contributed by atoms with Gasteiger partial charge in [0.2, 0.25) is 0 Å². The van der Waals surface area contributed by atoms with Gasteiger partial charge in [0.05, 0.1) is 5.92 Å². The van der Waals surface area contributed by atoms with Crippen molar-refractivity contribution in [2.24, 2.45) is 5.92 Å². The minimum atomic E-state index is -0.796. The van der Waals surface area contributed by atoms with Crippen molar-refractivity contribution >= 4 is 12.0 Å². The lowest BCUT2D eigenvalue weighted by atomic mass is 10.0. The van der Waals surface area contributed by atoms with Gasteiger partial charge in [0, 0.05) is 31.2 Å². The fourth-order valence-electron chi connectivity index (χ4n) is 4.05. The lowest BCUT2D eigenvalue weighted by Crippen LogP contribution is -2.50. The lowest BCUT2D eigenvalue weighted by Gasteiger charge is -2.27. The SMILES string of the molecule is CC1C(C(=O)O)CCN1C(=O)NC1CCN2CCCC12. The topological polar surface area (TPSA) is 72.9 Å². The minimum Gasteiger partial charge on any atom is -0.481 e. The van der Waals surface area contributed by atoms with Crippen LogP contribution in [0.4, 0.5) is 4.79 Å². The molecule has 2 N–H and O–H groups in total. The zero-order valence-corrected chi connectivity index (χ0v) is 11.9. The molecule has 0 saturated carbocycles. The molecule has 3 aliphatic heterocycles. The average molecular weight is 281 g/mol. The van der Waals surface area contributed by atoms with Crippen molar-refractivity contribution in [3.63, 3.8) is 0 Å². The number of hydrogen-bond acceptors (Lipinski definition) is 3. The Morgan fingerprint density at radius 1 is 1.15 bits per heavy atom. The summed E-state index contributed by atoms with van der Waals surface area (Å²) in [7, 11) is 0. The molecule has 0 aromatic rings. The van der Waals surface area contributed by atoms with Gasteiger partial charge in [-0.3, -0.25) is 9.69 Å². The van der Waals surface area contributed by atoms with Crippen LogP contribution in [0, 0.1) is 5.92 Å². The van der Waals surface area contributed by atoms with Crippen molar-refractivity contribution in [3.8, 4) is 0 Å². The number of amides is 2. The molecule has 0 aromatic carbocycles. The maximum Gasteiger partial charge on any atom is 0.317 e. The smallest absolute Gasteiger partial charge is 0.317 e. The van der Waals surface area contributed by atoms with E-state index in [0.717, 1.165) is 25.9 Å². The highest BCUT2D eigenvalue weighted by Crippen LogP contribution is 2.29. The van der Waals surface area contributed by atoms with Crippen LogP contribution in [0.25, 0.3) is 0 Å². The van der Waals surface area contributed by atoms with Gasteiger partial charge in [0.15, 0.2) is 0 Å². The summed E-state index contributed by atoms with van der Waals surface area (Å²) in [6.07, 6.45) is 3.96. The fourth-order valence-corrected chi connectivity index (χ4v) is 4.05. The number of carboxylic acids is 1. The van der Waals surface area contributed by atoms with Crippen molar-refractivity contribution in [3.05, 3.63) is 0 Å². The molecular formula is C14H23N3O3. The van der Waals surface area contributed by atoms with Gasteiger partial charge < -0.3 is 15.3 Å². The average Bonchev–Trinajstić information content (AvgIpc) is 3.05. The summed E-state index contributed by atoms with van der Waals surface area (Å²) in [5.74, 6) is -1.22. The molecule has 6 heteroatoms. The molecular weight excluding hydrogens is 258 g/mol. The van der Waals surface area contributed by atoms with Crippen molar-refractivity contribution in [1.82, 2.24) is 15.1 Å². The molecule has 4 unspecified atom stereocenters. The Labute approximate surface area is 119 Å². The summed E-state index contributed by atoms with van der Waals surface area (Å²) in [6.45, 7) is 4.61. The number of carbonyl (C=O) groups excluding carboxylic acids is 1. The first-order valence-electron chi connectivity index (χ1n) is 7.62. The summed E-state index contributed by atoms with van der Waals surface area (Å²) < 4.78 is 0. The van der Waals surface area contributed by atoms with Gasteiger partial charge in [0.25, 0.3) is 0 Å². The van der Waals surface area contributed by atoms with Crippen LogP contribution in [0.15, 0.2) is 0 Å². The zero-order valence-electron chi connectivity index (χ0n) is 11.9. The van der Waals surface area contributed by atoms with Crippen LogP contribution in [0.1, 0.15) is 32.6 Å². The van der Waals surface area contributed by atoms with Gasteiger partial charge in [-0.2, -0.15) is 0 Å². The third-order valence-corrected chi connectivity index (χ3v) is 5.25. The number of fused-ring (bicyclic) bond motifs is 1. The molecule has 3 fully saturated rings. The first-order chi connectivity index (χ1) is 9.58. The number of aliphatic carboxylic acids is 1. The number of carbonyl (C=O) groups is 2. The molecule has 20 heavy (non-hydrogen) atoms. The number of urea groups is 1. The standard InChI is InChI=1S/C14H23N3O3/c1-9-10(13(18)19)4-8-17(9)14(20)15-11-5-7-16-6-2-3-12(11)16/h9-12H,2-8H2,1H3,(H,15,20)(H,18,19). The Hall–Kier alpha value is -1.30. The van der Waals surface area contributed by atoms with E-state index in [1.165, 1.54) is 6.42 Å². The second-order valence-corrected chi connectivity index (χ2v) is 6.26. The number of hydrogen-bond donors (Lipinski definition) is 2. The van der Waals surface area contributed by atoms with Crippen LogP contribution >= 0.6 is 0 Å². The molecule has 0 spiro atoms. The maximum absolute atomic E-state index is 12.4. The second-order valence-electron chi connectivity index (χ2n) is 6.26. The normalized spacial score (nSPS) is 37.1. The van der Waals surface area contributed by atoms with Gasteiger partial charge >= 0.3 is 12.0 Å². The Balaban J connectivity index is 1.58. The van der Waals surface area contributed by atoms with Gasteiger partial charge in [-0.05, 0) is 39.2 Å². The van der Waals surface area contributed by atoms with E-state index in [0.29, 0.717) is 19.0 Å². The summed E-state index contributed by atoms with van der Waals surface area (Å²) in [4.78, 5) is 27.6. The first kappa shape index (κ1) is 13.7. The Kier molecular flexibility index (Phi) is 3.58. The van der Waals surface area contributed by atoms with Crippen LogP contribution in [0.5, 0.6) is 0 Å². The zero-order chi connectivity index (χ0) is 14.3. The number of carboxylic acid groups (broad SMARTS) is 1. The highest BCUT2D eigenvalue weighted by molar-refractivity contribution is 5.78. The van der Waals surface area contributed by atoms with E-state index in [2.05, 4.69) is 10.2 Å². The minimum absolute atomic E-state index is 0.0833. The Morgan fingerprint density at radius 2 is 1.95 bits per heavy atom. The molecule has 0 radical (unpaired) electrons. The highest BCUT2D eigenvalue weighted by Gasteiger charge is 2.41. The molecule has 0 aliphatic carbocycles. The molecule has 112 valence electrons. The second kappa shape index (κ2) is 5.24. The van der Waals surface area contributed by atoms with E-state index in [1.54, 1.807) is 4.90 Å². The first-order valence-corrected chi connectivity index (χ1v) is 7.62. The summed E-state index contributed by atoms with van der Waals surface area (Å²) in [5.41, 5.74) is 0. The maximum atomic E-state index is 12.4. The number of nitrogens with one attached hydrogen (secondary N) is 1. The lowest BCUT2D eigenvalue weighted by molar-refractivity contribution is -0.142. The third-order valence-electron chi connectivity index (χ3n) is 5.25. The molecule has 2 amide bonds. The molecule has 0 aromatic heterocycles. The number of rotatable bonds is 2. The molecule has 3 heterocycles. The van der Waals surface area contributed by atoms with Crippen LogP contribution in [0.2, 0.25) is 0 Å². The van der Waals surface area contributed by atoms with E-state index in [-0.39, 0.29) is 18.1 Å². The largest absolute Gasteiger partial charge is 0.481 e. The van der Waals surface area contributed by atoms with E-state index >= 15 is 0 Å². The molecule has 3 rings (SSSR count). The van der Waals surface area contributed by atoms with Crippen molar-refractivity contribution in [1.29, 1.82) is 0 Å². The fraction of sp³-hybridized carbons (Fsp3) is 0.857. The third kappa shape index (κ3) is 2.26. The van der Waals surface area contributed by atoms with E-state index in [9.17, 15) is 9.59 Å². The number of likely N-dealkylation sites (tertiary alicyclic amines) is 1. The molecule has 6 nitrogen and oxygen atoms in total.